The molecule has 0 aromatic carbocycles. The fourth-order valence-electron chi connectivity index (χ4n) is 1.46. The standard InChI is InChI=1S/C11H18BrN3O2/c1-4-10-13-9(12)5-11(14-10)15(2)6-8(16)7-17-3/h5,8,16H,4,6-7H2,1-3H3. The van der Waals surface area contributed by atoms with E-state index in [-0.39, 0.29) is 0 Å². The lowest BCUT2D eigenvalue weighted by Crippen LogP contribution is -2.32. The van der Waals surface area contributed by atoms with E-state index in [1.54, 1.807) is 7.11 Å². The van der Waals surface area contributed by atoms with E-state index in [1.807, 2.05) is 24.9 Å². The molecule has 0 radical (unpaired) electrons. The highest BCUT2D eigenvalue weighted by molar-refractivity contribution is 9.10. The number of likely N-dealkylation sites (N-methyl/N-ethyl adjacent to an activating group) is 1. The molecule has 0 spiro atoms. The molecule has 1 rings (SSSR count). The lowest BCUT2D eigenvalue weighted by atomic mass is 10.3. The number of halogens is 1. The van der Waals surface area contributed by atoms with Crippen LogP contribution in [0.3, 0.4) is 0 Å². The summed E-state index contributed by atoms with van der Waals surface area (Å²) in [6.45, 7) is 2.79. The van der Waals surface area contributed by atoms with E-state index >= 15 is 0 Å². The molecule has 0 aliphatic carbocycles. The second-order valence-electron chi connectivity index (χ2n) is 3.81. The Labute approximate surface area is 110 Å². The molecule has 1 heterocycles. The molecule has 5 nitrogen and oxygen atoms in total. The summed E-state index contributed by atoms with van der Waals surface area (Å²) in [6, 6.07) is 1.83. The lowest BCUT2D eigenvalue weighted by Gasteiger charge is -2.21. The fraction of sp³-hybridized carbons (Fsp3) is 0.636. The van der Waals surface area contributed by atoms with Crippen molar-refractivity contribution in [2.24, 2.45) is 0 Å². The zero-order chi connectivity index (χ0) is 12.8. The first-order chi connectivity index (χ1) is 8.06. The van der Waals surface area contributed by atoms with Crippen LogP contribution in [0, 0.1) is 0 Å². The molecule has 0 bridgehead atoms. The number of aliphatic hydroxyl groups is 1. The van der Waals surface area contributed by atoms with Crippen molar-refractivity contribution in [2.75, 3.05) is 32.2 Å². The minimum absolute atomic E-state index is 0.317. The van der Waals surface area contributed by atoms with Gasteiger partial charge in [-0.2, -0.15) is 0 Å². The van der Waals surface area contributed by atoms with Crippen LogP contribution in [0.5, 0.6) is 0 Å². The van der Waals surface area contributed by atoms with Crippen LogP contribution in [0.4, 0.5) is 5.82 Å². The summed E-state index contributed by atoms with van der Waals surface area (Å²) in [7, 11) is 3.45. The van der Waals surface area contributed by atoms with Gasteiger partial charge in [-0.05, 0) is 15.9 Å². The normalized spacial score (nSPS) is 12.5. The van der Waals surface area contributed by atoms with Gasteiger partial charge in [-0.1, -0.05) is 6.92 Å². The van der Waals surface area contributed by atoms with Gasteiger partial charge in [0.25, 0.3) is 0 Å². The fourth-order valence-corrected chi connectivity index (χ4v) is 1.87. The predicted molar refractivity (Wildman–Crippen MR) is 70.3 cm³/mol. The first-order valence-electron chi connectivity index (χ1n) is 5.48. The van der Waals surface area contributed by atoms with E-state index in [1.165, 1.54) is 0 Å². The third kappa shape index (κ3) is 4.57. The van der Waals surface area contributed by atoms with Crippen LogP contribution in [-0.2, 0) is 11.2 Å². The molecule has 1 atom stereocenters. The topological polar surface area (TPSA) is 58.5 Å². The van der Waals surface area contributed by atoms with E-state index in [2.05, 4.69) is 25.9 Å². The van der Waals surface area contributed by atoms with Crippen molar-refractivity contribution >= 4 is 21.7 Å². The average Bonchev–Trinajstić information content (AvgIpc) is 2.28. The van der Waals surface area contributed by atoms with E-state index in [4.69, 9.17) is 4.74 Å². The monoisotopic (exact) mass is 303 g/mol. The third-order valence-electron chi connectivity index (χ3n) is 2.28. The van der Waals surface area contributed by atoms with E-state index < -0.39 is 6.10 Å². The van der Waals surface area contributed by atoms with Gasteiger partial charge in [-0.25, -0.2) is 9.97 Å². The van der Waals surface area contributed by atoms with Crippen molar-refractivity contribution < 1.29 is 9.84 Å². The summed E-state index contributed by atoms with van der Waals surface area (Å²) < 4.78 is 5.65. The van der Waals surface area contributed by atoms with Gasteiger partial charge < -0.3 is 14.7 Å². The number of hydrogen-bond acceptors (Lipinski definition) is 5. The lowest BCUT2D eigenvalue weighted by molar-refractivity contribution is 0.0694. The minimum atomic E-state index is -0.524. The molecule has 1 aromatic rings. The van der Waals surface area contributed by atoms with Crippen LogP contribution in [-0.4, -0.2) is 48.5 Å². The zero-order valence-electron chi connectivity index (χ0n) is 10.4. The van der Waals surface area contributed by atoms with E-state index in [0.717, 1.165) is 22.7 Å². The van der Waals surface area contributed by atoms with Crippen LogP contribution in [0.1, 0.15) is 12.7 Å². The molecule has 6 heteroatoms. The largest absolute Gasteiger partial charge is 0.389 e. The number of hydrogen-bond donors (Lipinski definition) is 1. The Morgan fingerprint density at radius 1 is 1.53 bits per heavy atom. The molecular weight excluding hydrogens is 286 g/mol. The molecule has 1 aromatic heterocycles. The van der Waals surface area contributed by atoms with Gasteiger partial charge >= 0.3 is 0 Å². The summed E-state index contributed by atoms with van der Waals surface area (Å²) >= 11 is 3.35. The molecule has 1 unspecified atom stereocenters. The zero-order valence-corrected chi connectivity index (χ0v) is 11.9. The van der Waals surface area contributed by atoms with Crippen LogP contribution in [0.25, 0.3) is 0 Å². The second kappa shape index (κ2) is 6.88. The second-order valence-corrected chi connectivity index (χ2v) is 4.62. The van der Waals surface area contributed by atoms with Crippen LogP contribution in [0.15, 0.2) is 10.7 Å². The van der Waals surface area contributed by atoms with Gasteiger partial charge in [-0.15, -0.1) is 0 Å². The molecule has 0 saturated heterocycles. The van der Waals surface area contributed by atoms with Gasteiger partial charge in [0.2, 0.25) is 0 Å². The average molecular weight is 304 g/mol. The summed E-state index contributed by atoms with van der Waals surface area (Å²) in [6.07, 6.45) is 0.254. The van der Waals surface area contributed by atoms with Crippen molar-refractivity contribution in [1.82, 2.24) is 9.97 Å². The number of ether oxygens (including phenoxy) is 1. The first-order valence-corrected chi connectivity index (χ1v) is 6.27. The molecular formula is C11H18BrN3O2. The van der Waals surface area contributed by atoms with E-state index in [9.17, 15) is 5.11 Å². The first kappa shape index (κ1) is 14.3. The molecule has 0 amide bonds. The molecule has 96 valence electrons. The Morgan fingerprint density at radius 2 is 2.24 bits per heavy atom. The maximum Gasteiger partial charge on any atom is 0.133 e. The van der Waals surface area contributed by atoms with Crippen molar-refractivity contribution in [3.8, 4) is 0 Å². The number of aromatic nitrogens is 2. The molecule has 0 fully saturated rings. The van der Waals surface area contributed by atoms with Gasteiger partial charge in [0.15, 0.2) is 0 Å². The molecule has 0 saturated carbocycles. The van der Waals surface area contributed by atoms with Gasteiger partial charge in [0, 0.05) is 33.2 Å². The maximum absolute atomic E-state index is 9.65. The van der Waals surface area contributed by atoms with E-state index in [0.29, 0.717) is 13.2 Å². The Bertz CT molecular complexity index is 363. The van der Waals surface area contributed by atoms with Crippen LogP contribution < -0.4 is 4.90 Å². The van der Waals surface area contributed by atoms with Crippen molar-refractivity contribution in [2.45, 2.75) is 19.4 Å². The number of nitrogens with zero attached hydrogens (tertiary/aromatic N) is 3. The van der Waals surface area contributed by atoms with Gasteiger partial charge in [0.05, 0.1) is 12.7 Å². The summed E-state index contributed by atoms with van der Waals surface area (Å²) in [4.78, 5) is 10.5. The molecule has 0 aliphatic heterocycles. The number of anilines is 1. The Balaban J connectivity index is 2.74. The smallest absolute Gasteiger partial charge is 0.133 e. The van der Waals surface area contributed by atoms with Crippen LogP contribution in [0.2, 0.25) is 0 Å². The Hall–Kier alpha value is -0.720. The quantitative estimate of drug-likeness (QED) is 0.802. The molecule has 1 N–H and O–H groups in total. The SMILES string of the molecule is CCc1nc(Br)cc(N(C)CC(O)COC)n1. The molecule has 0 aliphatic rings. The number of aliphatic hydroxyl groups excluding tert-OH is 1. The number of rotatable bonds is 6. The van der Waals surface area contributed by atoms with Gasteiger partial charge in [0.1, 0.15) is 16.2 Å². The van der Waals surface area contributed by atoms with Crippen molar-refractivity contribution in [1.29, 1.82) is 0 Å². The highest BCUT2D eigenvalue weighted by Crippen LogP contribution is 2.16. The molecule has 17 heavy (non-hydrogen) atoms. The Morgan fingerprint density at radius 3 is 2.82 bits per heavy atom. The third-order valence-corrected chi connectivity index (χ3v) is 2.68. The van der Waals surface area contributed by atoms with Crippen molar-refractivity contribution in [3.63, 3.8) is 0 Å². The highest BCUT2D eigenvalue weighted by Gasteiger charge is 2.11. The minimum Gasteiger partial charge on any atom is -0.389 e. The summed E-state index contributed by atoms with van der Waals surface area (Å²) in [5.74, 6) is 1.57. The maximum atomic E-state index is 9.65. The predicted octanol–water partition coefficient (Wildman–Crippen LogP) is 1.24. The number of methoxy groups -OCH3 is 1. The Kier molecular flexibility index (Phi) is 5.80. The summed E-state index contributed by atoms with van der Waals surface area (Å²) in [5, 5.41) is 9.65. The van der Waals surface area contributed by atoms with Crippen LogP contribution >= 0.6 is 15.9 Å². The summed E-state index contributed by atoms with van der Waals surface area (Å²) in [5.41, 5.74) is 0. The van der Waals surface area contributed by atoms with Crippen molar-refractivity contribution in [3.05, 3.63) is 16.5 Å². The highest BCUT2D eigenvalue weighted by atomic mass is 79.9. The van der Waals surface area contributed by atoms with Gasteiger partial charge in [-0.3, -0.25) is 0 Å². The number of aryl methyl sites for hydroxylation is 1.